The molecule has 0 amide bonds. The molecule has 1 aromatic carbocycles. The molecule has 1 unspecified atom stereocenters. The van der Waals surface area contributed by atoms with Crippen molar-refractivity contribution in [2.75, 3.05) is 0 Å². The zero-order valence-corrected chi connectivity index (χ0v) is 12.9. The van der Waals surface area contributed by atoms with Gasteiger partial charge < -0.3 is 5.11 Å². The fraction of sp³-hybridized carbons (Fsp3) is 0.667. The summed E-state index contributed by atoms with van der Waals surface area (Å²) in [5.41, 5.74) is 3.62. The van der Waals surface area contributed by atoms with Gasteiger partial charge in [-0.2, -0.15) is 0 Å². The lowest BCUT2D eigenvalue weighted by atomic mass is 9.81. The molecule has 0 fully saturated rings. The summed E-state index contributed by atoms with van der Waals surface area (Å²) < 4.78 is 0. The summed E-state index contributed by atoms with van der Waals surface area (Å²) in [6, 6.07) is 6.61. The molecule has 1 N–H and O–H groups in total. The summed E-state index contributed by atoms with van der Waals surface area (Å²) in [6.45, 7) is 8.66. The molecule has 0 bridgehead atoms. The molecule has 1 aliphatic carbocycles. The fourth-order valence-electron chi connectivity index (χ4n) is 2.83. The molecule has 0 heterocycles. The van der Waals surface area contributed by atoms with E-state index in [1.54, 1.807) is 0 Å². The van der Waals surface area contributed by atoms with Gasteiger partial charge in [-0.05, 0) is 67.6 Å². The fourth-order valence-corrected chi connectivity index (χ4v) is 2.83. The van der Waals surface area contributed by atoms with Crippen LogP contribution in [-0.4, -0.2) is 5.11 Å². The Hall–Kier alpha value is -0.820. The van der Waals surface area contributed by atoms with Gasteiger partial charge in [0.05, 0.1) is 5.60 Å². The van der Waals surface area contributed by atoms with Crippen molar-refractivity contribution >= 4 is 0 Å². The van der Waals surface area contributed by atoms with Gasteiger partial charge in [0.15, 0.2) is 0 Å². The molecule has 106 valence electrons. The van der Waals surface area contributed by atoms with E-state index in [1.807, 2.05) is 6.92 Å². The minimum atomic E-state index is -0.695. The van der Waals surface area contributed by atoms with Gasteiger partial charge in [0.25, 0.3) is 0 Å². The van der Waals surface area contributed by atoms with Crippen LogP contribution in [0.1, 0.15) is 70.1 Å². The maximum absolute atomic E-state index is 10.8. The molecule has 2 rings (SSSR count). The second kappa shape index (κ2) is 5.28. The summed E-state index contributed by atoms with van der Waals surface area (Å²) in [5, 5.41) is 10.8. The topological polar surface area (TPSA) is 20.2 Å². The van der Waals surface area contributed by atoms with Gasteiger partial charge in [-0.3, -0.25) is 0 Å². The lowest BCUT2D eigenvalue weighted by Crippen LogP contribution is -2.24. The maximum Gasteiger partial charge on any atom is 0.0868 e. The van der Waals surface area contributed by atoms with E-state index in [0.29, 0.717) is 0 Å². The highest BCUT2D eigenvalue weighted by molar-refractivity contribution is 5.36. The molecule has 0 saturated heterocycles. The SMILES string of the molecule is CC(C)(C)CCC(C)(O)c1ccc2c(c1)CCCC2. The molecule has 0 spiro atoms. The average molecular weight is 260 g/mol. The first kappa shape index (κ1) is 14.6. The van der Waals surface area contributed by atoms with Crippen LogP contribution >= 0.6 is 0 Å². The van der Waals surface area contributed by atoms with Crippen LogP contribution in [-0.2, 0) is 18.4 Å². The minimum absolute atomic E-state index is 0.276. The van der Waals surface area contributed by atoms with Crippen LogP contribution in [0.3, 0.4) is 0 Å². The molecule has 1 aliphatic rings. The lowest BCUT2D eigenvalue weighted by molar-refractivity contribution is 0.0357. The van der Waals surface area contributed by atoms with Crippen molar-refractivity contribution in [3.63, 3.8) is 0 Å². The number of fused-ring (bicyclic) bond motifs is 1. The zero-order valence-electron chi connectivity index (χ0n) is 12.9. The highest BCUT2D eigenvalue weighted by Crippen LogP contribution is 2.33. The van der Waals surface area contributed by atoms with Crippen molar-refractivity contribution in [1.29, 1.82) is 0 Å². The van der Waals surface area contributed by atoms with Crippen molar-refractivity contribution in [3.8, 4) is 0 Å². The highest BCUT2D eigenvalue weighted by atomic mass is 16.3. The minimum Gasteiger partial charge on any atom is -0.385 e. The average Bonchev–Trinajstić information content (AvgIpc) is 2.35. The van der Waals surface area contributed by atoms with Crippen LogP contribution in [0, 0.1) is 5.41 Å². The van der Waals surface area contributed by atoms with Crippen molar-refractivity contribution in [2.45, 2.75) is 71.8 Å². The van der Waals surface area contributed by atoms with Crippen molar-refractivity contribution in [3.05, 3.63) is 34.9 Å². The molecule has 0 saturated carbocycles. The molecule has 1 atom stereocenters. The predicted octanol–water partition coefficient (Wildman–Crippen LogP) is 4.60. The Morgan fingerprint density at radius 2 is 1.58 bits per heavy atom. The largest absolute Gasteiger partial charge is 0.385 e. The number of hydrogen-bond acceptors (Lipinski definition) is 1. The highest BCUT2D eigenvalue weighted by Gasteiger charge is 2.26. The summed E-state index contributed by atoms with van der Waals surface area (Å²) in [5.74, 6) is 0. The van der Waals surface area contributed by atoms with Crippen LogP contribution in [0.4, 0.5) is 0 Å². The van der Waals surface area contributed by atoms with Crippen LogP contribution in [0.2, 0.25) is 0 Å². The molecular formula is C18H28O. The lowest BCUT2D eigenvalue weighted by Gasteiger charge is -2.29. The van der Waals surface area contributed by atoms with Gasteiger partial charge >= 0.3 is 0 Å². The Labute approximate surface area is 118 Å². The van der Waals surface area contributed by atoms with E-state index < -0.39 is 5.60 Å². The van der Waals surface area contributed by atoms with Gasteiger partial charge in [0.1, 0.15) is 0 Å². The van der Waals surface area contributed by atoms with Crippen molar-refractivity contribution in [2.24, 2.45) is 5.41 Å². The van der Waals surface area contributed by atoms with Crippen LogP contribution in [0.15, 0.2) is 18.2 Å². The van der Waals surface area contributed by atoms with Crippen LogP contribution < -0.4 is 0 Å². The summed E-state index contributed by atoms with van der Waals surface area (Å²) in [7, 11) is 0. The van der Waals surface area contributed by atoms with E-state index in [1.165, 1.54) is 36.8 Å². The van der Waals surface area contributed by atoms with E-state index in [4.69, 9.17) is 0 Å². The third kappa shape index (κ3) is 3.82. The van der Waals surface area contributed by atoms with Crippen LogP contribution in [0.25, 0.3) is 0 Å². The number of hydrogen-bond donors (Lipinski definition) is 1. The third-order valence-electron chi connectivity index (χ3n) is 4.33. The molecule has 0 aliphatic heterocycles. The first-order valence-electron chi connectivity index (χ1n) is 7.63. The molecule has 0 radical (unpaired) electrons. The van der Waals surface area contributed by atoms with Gasteiger partial charge in [-0.25, -0.2) is 0 Å². The number of benzene rings is 1. The summed E-state index contributed by atoms with van der Waals surface area (Å²) in [4.78, 5) is 0. The number of aryl methyl sites for hydroxylation is 2. The van der Waals surface area contributed by atoms with E-state index >= 15 is 0 Å². The second-order valence-electron chi connectivity index (χ2n) is 7.53. The molecule has 1 aromatic rings. The Balaban J connectivity index is 2.15. The van der Waals surface area contributed by atoms with Crippen molar-refractivity contribution < 1.29 is 5.11 Å². The first-order valence-corrected chi connectivity index (χ1v) is 7.63. The second-order valence-corrected chi connectivity index (χ2v) is 7.53. The molecule has 19 heavy (non-hydrogen) atoms. The van der Waals surface area contributed by atoms with Gasteiger partial charge in [0, 0.05) is 0 Å². The van der Waals surface area contributed by atoms with E-state index in [-0.39, 0.29) is 5.41 Å². The van der Waals surface area contributed by atoms with Crippen LogP contribution in [0.5, 0.6) is 0 Å². The zero-order chi connectivity index (χ0) is 14.1. The van der Waals surface area contributed by atoms with E-state index in [0.717, 1.165) is 18.4 Å². The Morgan fingerprint density at radius 1 is 0.947 bits per heavy atom. The molecule has 1 nitrogen and oxygen atoms in total. The predicted molar refractivity (Wildman–Crippen MR) is 81.3 cm³/mol. The molecular weight excluding hydrogens is 232 g/mol. The smallest absolute Gasteiger partial charge is 0.0868 e. The quantitative estimate of drug-likeness (QED) is 0.842. The van der Waals surface area contributed by atoms with Gasteiger partial charge in [-0.1, -0.05) is 39.0 Å². The molecule has 1 heteroatoms. The Bertz CT molecular complexity index is 437. The van der Waals surface area contributed by atoms with Gasteiger partial charge in [-0.15, -0.1) is 0 Å². The first-order chi connectivity index (χ1) is 8.78. The normalized spacial score (nSPS) is 18.8. The third-order valence-corrected chi connectivity index (χ3v) is 4.33. The van der Waals surface area contributed by atoms with Gasteiger partial charge in [0.2, 0.25) is 0 Å². The number of rotatable bonds is 3. The summed E-state index contributed by atoms with van der Waals surface area (Å²) in [6.07, 6.45) is 6.86. The van der Waals surface area contributed by atoms with Crippen molar-refractivity contribution in [1.82, 2.24) is 0 Å². The maximum atomic E-state index is 10.8. The van der Waals surface area contributed by atoms with E-state index in [2.05, 4.69) is 39.0 Å². The Kier molecular flexibility index (Phi) is 4.06. The van der Waals surface area contributed by atoms with E-state index in [9.17, 15) is 5.11 Å². The monoisotopic (exact) mass is 260 g/mol. The standard InChI is InChI=1S/C18H28O/c1-17(2,3)11-12-18(4,19)16-10-9-14-7-5-6-8-15(14)13-16/h9-10,13,19H,5-8,11-12H2,1-4H3. The molecule has 0 aromatic heterocycles. The Morgan fingerprint density at radius 3 is 2.21 bits per heavy atom. The summed E-state index contributed by atoms with van der Waals surface area (Å²) >= 11 is 0. The number of aliphatic hydroxyl groups is 1.